The van der Waals surface area contributed by atoms with Gasteiger partial charge in [0.25, 0.3) is 0 Å². The summed E-state index contributed by atoms with van der Waals surface area (Å²) in [6.07, 6.45) is 0. The molecule has 0 amide bonds. The Morgan fingerprint density at radius 3 is 2.00 bits per heavy atom. The van der Waals surface area contributed by atoms with Gasteiger partial charge in [-0.2, -0.15) is 0 Å². The van der Waals surface area contributed by atoms with Crippen molar-refractivity contribution in [2.75, 3.05) is 5.75 Å². The second-order valence-electron chi connectivity index (χ2n) is 5.35. The molecule has 0 aliphatic rings. The lowest BCUT2D eigenvalue weighted by Gasteiger charge is -2.24. The predicted molar refractivity (Wildman–Crippen MR) is 94.2 cm³/mol. The zero-order valence-corrected chi connectivity index (χ0v) is 14.0. The Morgan fingerprint density at radius 1 is 0.958 bits per heavy atom. The van der Waals surface area contributed by atoms with E-state index in [1.165, 1.54) is 6.92 Å². The van der Waals surface area contributed by atoms with Gasteiger partial charge in [0.15, 0.2) is 5.78 Å². The Kier molecular flexibility index (Phi) is 6.32. The number of carbonyl (C=O) groups excluding carboxylic acids is 2. The second kappa shape index (κ2) is 8.45. The molecule has 0 bridgehead atoms. The lowest BCUT2D eigenvalue weighted by molar-refractivity contribution is -0.134. The number of hydrogen-bond acceptors (Lipinski definition) is 4. The van der Waals surface area contributed by atoms with Crippen LogP contribution in [0.5, 0.6) is 0 Å². The number of carboxylic acid groups (broad SMARTS) is 1. The Bertz CT molecular complexity index is 713. The van der Waals surface area contributed by atoms with Crippen LogP contribution in [0.1, 0.15) is 28.1 Å². The third-order valence-electron chi connectivity index (χ3n) is 3.60. The van der Waals surface area contributed by atoms with Gasteiger partial charge in [0.2, 0.25) is 0 Å². The Hall–Kier alpha value is -2.40. The van der Waals surface area contributed by atoms with Gasteiger partial charge in [-0.25, -0.2) is 0 Å². The number of thioether (sulfide) groups is 1. The number of benzene rings is 2. The summed E-state index contributed by atoms with van der Waals surface area (Å²) in [4.78, 5) is 36.1. The summed E-state index contributed by atoms with van der Waals surface area (Å²) in [5.41, 5.74) is 1.22. The maximum atomic E-state index is 12.9. The molecule has 2 atom stereocenters. The van der Waals surface area contributed by atoms with Crippen LogP contribution in [0.2, 0.25) is 0 Å². The molecule has 0 saturated carbocycles. The smallest absolute Gasteiger partial charge is 0.313 e. The Labute approximate surface area is 144 Å². The minimum Gasteiger partial charge on any atom is -0.481 e. The molecular weight excluding hydrogens is 324 g/mol. The first kappa shape index (κ1) is 17.9. The fourth-order valence-electron chi connectivity index (χ4n) is 2.51. The molecule has 24 heavy (non-hydrogen) atoms. The number of rotatable bonds is 8. The molecule has 2 unspecified atom stereocenters. The van der Waals surface area contributed by atoms with Gasteiger partial charge in [-0.15, -0.1) is 11.8 Å². The first-order valence-electron chi connectivity index (χ1n) is 7.48. The molecule has 0 saturated heterocycles. The molecule has 2 rings (SSSR count). The van der Waals surface area contributed by atoms with Gasteiger partial charge >= 0.3 is 5.97 Å². The molecule has 0 spiro atoms. The molecular formula is C19H18O4S. The van der Waals surface area contributed by atoms with Gasteiger partial charge in [0.1, 0.15) is 5.78 Å². The van der Waals surface area contributed by atoms with Gasteiger partial charge in [0.05, 0.1) is 11.7 Å². The van der Waals surface area contributed by atoms with Crippen molar-refractivity contribution < 1.29 is 19.5 Å². The van der Waals surface area contributed by atoms with E-state index < -0.39 is 17.1 Å². The molecule has 0 heterocycles. The molecule has 0 aliphatic carbocycles. The summed E-state index contributed by atoms with van der Waals surface area (Å²) in [7, 11) is 0. The molecule has 0 fully saturated rings. The van der Waals surface area contributed by atoms with Crippen molar-refractivity contribution in [1.82, 2.24) is 0 Å². The van der Waals surface area contributed by atoms with Gasteiger partial charge < -0.3 is 5.11 Å². The highest BCUT2D eigenvalue weighted by Gasteiger charge is 2.34. The monoisotopic (exact) mass is 342 g/mol. The molecule has 5 heteroatoms. The van der Waals surface area contributed by atoms with Crippen LogP contribution < -0.4 is 0 Å². The fraction of sp³-hybridized carbons (Fsp3) is 0.211. The fourth-order valence-corrected chi connectivity index (χ4v) is 3.69. The average Bonchev–Trinajstić information content (AvgIpc) is 2.59. The normalized spacial score (nSPS) is 13.0. The molecule has 2 aromatic carbocycles. The third-order valence-corrected chi connectivity index (χ3v) is 4.91. The van der Waals surface area contributed by atoms with Crippen molar-refractivity contribution in [2.24, 2.45) is 5.92 Å². The lowest BCUT2D eigenvalue weighted by Crippen LogP contribution is -2.28. The highest BCUT2D eigenvalue weighted by Crippen LogP contribution is 2.38. The van der Waals surface area contributed by atoms with E-state index in [2.05, 4.69) is 0 Å². The summed E-state index contributed by atoms with van der Waals surface area (Å²) in [5.74, 6) is -2.62. The largest absolute Gasteiger partial charge is 0.481 e. The summed E-state index contributed by atoms with van der Waals surface area (Å²) < 4.78 is 0. The van der Waals surface area contributed by atoms with E-state index in [1.807, 2.05) is 30.3 Å². The van der Waals surface area contributed by atoms with Crippen molar-refractivity contribution in [1.29, 1.82) is 0 Å². The maximum Gasteiger partial charge on any atom is 0.313 e. The highest BCUT2D eigenvalue weighted by atomic mass is 32.2. The number of ketones is 2. The van der Waals surface area contributed by atoms with Crippen LogP contribution in [0.25, 0.3) is 0 Å². The summed E-state index contributed by atoms with van der Waals surface area (Å²) in [5, 5.41) is 8.46. The number of hydrogen-bond donors (Lipinski definition) is 1. The van der Waals surface area contributed by atoms with Crippen molar-refractivity contribution in [3.8, 4) is 0 Å². The minimum atomic E-state index is -0.976. The van der Waals surface area contributed by atoms with Crippen LogP contribution in [0.3, 0.4) is 0 Å². The van der Waals surface area contributed by atoms with Gasteiger partial charge in [-0.05, 0) is 12.5 Å². The van der Waals surface area contributed by atoms with Crippen molar-refractivity contribution in [2.45, 2.75) is 12.2 Å². The maximum absolute atomic E-state index is 12.9. The standard InChI is InChI=1S/C19H18O4S/c1-13(20)17(18(23)14-8-4-2-5-9-14)19(24-12-16(21)22)15-10-6-3-7-11-15/h2-11,17,19H,12H2,1H3,(H,21,22). The van der Waals surface area contributed by atoms with Gasteiger partial charge in [-0.1, -0.05) is 60.7 Å². The number of Topliss-reactive ketones (excluding diaryl/α,β-unsaturated/α-hetero) is 2. The van der Waals surface area contributed by atoms with Gasteiger partial charge in [0, 0.05) is 10.8 Å². The molecule has 0 aliphatic heterocycles. The van der Waals surface area contributed by atoms with Gasteiger partial charge in [-0.3, -0.25) is 14.4 Å². The molecule has 124 valence electrons. The highest BCUT2D eigenvalue weighted by molar-refractivity contribution is 8.00. The van der Waals surface area contributed by atoms with Crippen molar-refractivity contribution >= 4 is 29.3 Å². The van der Waals surface area contributed by atoms with Crippen LogP contribution in [-0.4, -0.2) is 28.4 Å². The Balaban J connectivity index is 2.40. The molecule has 1 N–H and O–H groups in total. The summed E-state index contributed by atoms with van der Waals surface area (Å²) in [6, 6.07) is 17.7. The van der Waals surface area contributed by atoms with Crippen LogP contribution in [0.4, 0.5) is 0 Å². The van der Waals surface area contributed by atoms with Crippen LogP contribution in [0, 0.1) is 5.92 Å². The number of carboxylic acids is 1. The van der Waals surface area contributed by atoms with E-state index in [-0.39, 0.29) is 17.3 Å². The van der Waals surface area contributed by atoms with Crippen molar-refractivity contribution in [3.05, 3.63) is 71.8 Å². The topological polar surface area (TPSA) is 71.4 Å². The third kappa shape index (κ3) is 4.55. The number of carbonyl (C=O) groups is 3. The zero-order valence-electron chi connectivity index (χ0n) is 13.2. The van der Waals surface area contributed by atoms with Crippen LogP contribution >= 0.6 is 11.8 Å². The van der Waals surface area contributed by atoms with E-state index in [0.29, 0.717) is 5.56 Å². The molecule has 4 nitrogen and oxygen atoms in total. The van der Waals surface area contributed by atoms with E-state index >= 15 is 0 Å². The molecule has 2 aromatic rings. The first-order chi connectivity index (χ1) is 11.5. The second-order valence-corrected chi connectivity index (χ2v) is 6.48. The van der Waals surface area contributed by atoms with Crippen molar-refractivity contribution in [3.63, 3.8) is 0 Å². The zero-order chi connectivity index (χ0) is 17.5. The SMILES string of the molecule is CC(=O)C(C(=O)c1ccccc1)C(SCC(=O)O)c1ccccc1. The quantitative estimate of drug-likeness (QED) is 0.586. The van der Waals surface area contributed by atoms with Crippen LogP contribution in [0.15, 0.2) is 60.7 Å². The van der Waals surface area contributed by atoms with E-state index in [9.17, 15) is 14.4 Å². The predicted octanol–water partition coefficient (Wildman–Crippen LogP) is 3.63. The number of aliphatic carboxylic acids is 1. The Morgan fingerprint density at radius 2 is 1.50 bits per heavy atom. The summed E-state index contributed by atoms with van der Waals surface area (Å²) >= 11 is 1.10. The first-order valence-corrected chi connectivity index (χ1v) is 8.53. The average molecular weight is 342 g/mol. The minimum absolute atomic E-state index is 0.175. The van der Waals surface area contributed by atoms with Crippen LogP contribution in [-0.2, 0) is 9.59 Å². The van der Waals surface area contributed by atoms with E-state index in [4.69, 9.17) is 5.11 Å². The molecule has 0 aromatic heterocycles. The lowest BCUT2D eigenvalue weighted by atomic mass is 9.88. The van der Waals surface area contributed by atoms with E-state index in [0.717, 1.165) is 17.3 Å². The summed E-state index contributed by atoms with van der Waals surface area (Å²) in [6.45, 7) is 1.38. The molecule has 0 radical (unpaired) electrons. The van der Waals surface area contributed by atoms with E-state index in [1.54, 1.807) is 30.3 Å².